The minimum Gasteiger partial charge on any atom is -0.374 e. The Labute approximate surface area is 769 Å². The molecule has 12 aromatic rings. The molecule has 0 aromatic heterocycles. The molecule has 0 spiro atoms. The third-order valence-electron chi connectivity index (χ3n) is 24.2. The standard InChI is InChI=1S/C112H118N2O17/c115-111(113-94-64-38-13-39-65-94)99(104-108(127-77-92-60-34-11-35-61-92)106(125-75-90-56-30-9-31-57-90)102(122-72-87-50-24-6-25-51-87)97(130-104)80-118-68-83-42-16-2-17-43-83)114(66-95-100(120-70-85-46-20-4-21-47-85)105(124-74-89-54-28-8-29-55-89)101(121-71-86-48-22-5-23-49-86)96(129-95)79-117-67-82-40-14-1-15-41-82)112(116)110-109(128-78-93-62-36-12-37-63-93)107(126-76-91-58-32-10-33-59-91)103(123-73-88-52-26-7-27-53-88)98(131-110)81-119-69-84-44-18-3-19-45-84/h1-12,14-37,40-64,95-110H,13,38-39,65-81H2,(H,113,115)/t95-,96+,97+,98+,99?,100-,101+,102+,103+,104-,105+,106-,107-,108-,109+,110+/m0/s1. The molecule has 0 radical (unpaired) electrons. The maximum absolute atomic E-state index is 19.1. The van der Waals surface area contributed by atoms with E-state index in [4.69, 9.17) is 71.1 Å². The molecule has 678 valence electrons. The topological polar surface area (TPSA) is 188 Å². The Hall–Kier alpha value is -11.3. The van der Waals surface area contributed by atoms with E-state index in [1.807, 2.05) is 364 Å². The summed E-state index contributed by atoms with van der Waals surface area (Å²) >= 11 is 0. The average molecular weight is 1760 g/mol. The summed E-state index contributed by atoms with van der Waals surface area (Å²) in [5, 5.41) is 3.51. The second-order valence-corrected chi connectivity index (χ2v) is 33.7. The number of nitrogens with one attached hydrogen (secondary N) is 1. The first kappa shape index (κ1) is 93.0. The van der Waals surface area contributed by atoms with E-state index < -0.39 is 116 Å². The van der Waals surface area contributed by atoms with E-state index in [-0.39, 0.29) is 99.1 Å². The molecule has 1 aliphatic carbocycles. The molecule has 1 N–H and O–H groups in total. The number of rotatable bonds is 46. The Morgan fingerprint density at radius 3 is 0.817 bits per heavy atom. The molecule has 131 heavy (non-hydrogen) atoms. The van der Waals surface area contributed by atoms with Crippen LogP contribution >= 0.6 is 0 Å². The molecular weight excluding hydrogens is 1650 g/mol. The lowest BCUT2D eigenvalue weighted by Gasteiger charge is -2.52. The van der Waals surface area contributed by atoms with Gasteiger partial charge in [-0.2, -0.15) is 0 Å². The summed E-state index contributed by atoms with van der Waals surface area (Å²) in [6.07, 6.45) is -12.6. The van der Waals surface area contributed by atoms with E-state index in [0.717, 1.165) is 79.6 Å². The van der Waals surface area contributed by atoms with Gasteiger partial charge in [0.1, 0.15) is 91.5 Å². The van der Waals surface area contributed by atoms with Gasteiger partial charge in [0.2, 0.25) is 5.91 Å². The van der Waals surface area contributed by atoms with Crippen molar-refractivity contribution in [3.8, 4) is 0 Å². The maximum Gasteiger partial charge on any atom is 0.255 e. The molecule has 0 saturated carbocycles. The van der Waals surface area contributed by atoms with Crippen molar-refractivity contribution in [3.63, 3.8) is 0 Å². The first-order valence-corrected chi connectivity index (χ1v) is 45.8. The number of benzene rings is 12. The van der Waals surface area contributed by atoms with Gasteiger partial charge in [-0.25, -0.2) is 0 Å². The number of carbonyl (C=O) groups excluding carboxylic acids is 2. The van der Waals surface area contributed by atoms with E-state index >= 15 is 9.59 Å². The molecule has 2 amide bonds. The molecule has 16 rings (SSSR count). The molecular formula is C112H118N2O17. The van der Waals surface area contributed by atoms with Crippen LogP contribution in [0.4, 0.5) is 0 Å². The highest BCUT2D eigenvalue weighted by Gasteiger charge is 2.60. The van der Waals surface area contributed by atoms with E-state index in [1.165, 1.54) is 0 Å². The Kier molecular flexibility index (Phi) is 35.4. The molecule has 3 aliphatic heterocycles. The van der Waals surface area contributed by atoms with Gasteiger partial charge in [0.25, 0.3) is 5.91 Å². The van der Waals surface area contributed by atoms with Crippen molar-refractivity contribution in [2.75, 3.05) is 26.4 Å². The van der Waals surface area contributed by atoms with E-state index in [2.05, 4.69) is 11.4 Å². The zero-order valence-electron chi connectivity index (χ0n) is 74.0. The molecule has 16 atom stereocenters. The van der Waals surface area contributed by atoms with Crippen LogP contribution in [-0.4, -0.2) is 141 Å². The number of amides is 2. The third-order valence-corrected chi connectivity index (χ3v) is 24.2. The van der Waals surface area contributed by atoms with Gasteiger partial charge in [-0.3, -0.25) is 9.59 Å². The Morgan fingerprint density at radius 2 is 0.519 bits per heavy atom. The molecule has 19 nitrogen and oxygen atoms in total. The minimum absolute atomic E-state index is 0.0161. The lowest BCUT2D eigenvalue weighted by Crippen LogP contribution is -2.72. The fourth-order valence-electron chi connectivity index (χ4n) is 17.4. The number of ether oxygens (including phenoxy) is 15. The number of carbonyl (C=O) groups is 2. The number of hydrogen-bond donors (Lipinski definition) is 1. The highest BCUT2D eigenvalue weighted by molar-refractivity contribution is 5.91. The monoisotopic (exact) mass is 1760 g/mol. The van der Waals surface area contributed by atoms with Gasteiger partial charge < -0.3 is 81.3 Å². The summed E-state index contributed by atoms with van der Waals surface area (Å²) in [6, 6.07) is 117. The van der Waals surface area contributed by atoms with Crippen LogP contribution in [0.15, 0.2) is 376 Å². The van der Waals surface area contributed by atoms with Gasteiger partial charge in [-0.05, 0) is 92.4 Å². The molecule has 4 aliphatic rings. The summed E-state index contributed by atoms with van der Waals surface area (Å²) in [7, 11) is 0. The largest absolute Gasteiger partial charge is 0.374 e. The third kappa shape index (κ3) is 27.2. The average Bonchev–Trinajstić information content (AvgIpc) is 0.745. The molecule has 3 fully saturated rings. The normalized spacial score (nSPS) is 22.8. The zero-order valence-corrected chi connectivity index (χ0v) is 74.0. The SMILES string of the molecule is O=C(NC1=CCCCC1)C([C@@H]1O[C@H](COCc2ccccc2)[C@@H](OCc2ccccc2)[C@H](OCc2ccccc2)[C@H]1OCc1ccccc1)N(C[C@@H]1O[C@H](COCc2ccccc2)[C@@H](OCc2ccccc2)[C@H](OCc2ccccc2)[C@H]1OCc1ccccc1)C(=O)[C@@H]1O[C@H](COCc2ccccc2)[C@@H](OCc2ccccc2)[C@H](OCc2ccccc2)[C@H]1OCc1ccccc1. The summed E-state index contributed by atoms with van der Waals surface area (Å²) < 4.78 is 112. The van der Waals surface area contributed by atoms with Crippen LogP contribution in [0.25, 0.3) is 0 Å². The van der Waals surface area contributed by atoms with Gasteiger partial charge in [0.05, 0.1) is 106 Å². The van der Waals surface area contributed by atoms with E-state index in [1.54, 1.807) is 4.90 Å². The highest BCUT2D eigenvalue weighted by Crippen LogP contribution is 2.40. The van der Waals surface area contributed by atoms with E-state index in [0.29, 0.717) is 18.5 Å². The van der Waals surface area contributed by atoms with Gasteiger partial charge in [-0.1, -0.05) is 370 Å². The van der Waals surface area contributed by atoms with Crippen LogP contribution in [0, 0.1) is 0 Å². The van der Waals surface area contributed by atoms with Crippen molar-refractivity contribution in [1.82, 2.24) is 10.2 Å². The molecule has 1 unspecified atom stereocenters. The highest BCUT2D eigenvalue weighted by atomic mass is 16.7. The molecule has 3 saturated heterocycles. The summed E-state index contributed by atoms with van der Waals surface area (Å²) in [5.41, 5.74) is 11.1. The first-order chi connectivity index (χ1) is 64.8. The molecule has 12 aromatic carbocycles. The summed E-state index contributed by atoms with van der Waals surface area (Å²) in [4.78, 5) is 38.6. The van der Waals surface area contributed by atoms with Crippen LogP contribution in [0.3, 0.4) is 0 Å². The number of hydrogen-bond acceptors (Lipinski definition) is 17. The second kappa shape index (κ2) is 49.8. The summed E-state index contributed by atoms with van der Waals surface area (Å²) in [6.45, 7) is 0.406. The zero-order chi connectivity index (χ0) is 89.1. The fourth-order valence-corrected chi connectivity index (χ4v) is 17.4. The summed E-state index contributed by atoms with van der Waals surface area (Å²) in [5.74, 6) is -1.33. The Morgan fingerprint density at radius 1 is 0.275 bits per heavy atom. The predicted octanol–water partition coefficient (Wildman–Crippen LogP) is 19.0. The minimum atomic E-state index is -1.76. The quantitative estimate of drug-likeness (QED) is 0.0379. The first-order valence-electron chi connectivity index (χ1n) is 45.8. The lowest BCUT2D eigenvalue weighted by molar-refractivity contribution is -0.290. The number of nitrogens with zero attached hydrogens (tertiary/aromatic N) is 1. The Bertz CT molecular complexity index is 5290. The van der Waals surface area contributed by atoms with Crippen LogP contribution in [0.5, 0.6) is 0 Å². The van der Waals surface area contributed by atoms with Crippen molar-refractivity contribution in [3.05, 3.63) is 443 Å². The van der Waals surface area contributed by atoms with Crippen molar-refractivity contribution >= 4 is 11.8 Å². The van der Waals surface area contributed by atoms with Crippen molar-refractivity contribution < 1.29 is 80.6 Å². The van der Waals surface area contributed by atoms with Crippen molar-refractivity contribution in [1.29, 1.82) is 0 Å². The molecule has 0 bridgehead atoms. The molecule has 19 heteroatoms. The maximum atomic E-state index is 19.1. The second-order valence-electron chi connectivity index (χ2n) is 33.7. The van der Waals surface area contributed by atoms with Gasteiger partial charge in [0.15, 0.2) is 6.10 Å². The predicted molar refractivity (Wildman–Crippen MR) is 500 cm³/mol. The van der Waals surface area contributed by atoms with Gasteiger partial charge >= 0.3 is 0 Å². The van der Waals surface area contributed by atoms with Gasteiger partial charge in [0, 0.05) is 5.70 Å². The molecule has 3 heterocycles. The van der Waals surface area contributed by atoms with Crippen LogP contribution < -0.4 is 5.32 Å². The fraction of sp³-hybridized carbons (Fsp3) is 0.321. The Balaban J connectivity index is 0.926. The number of allylic oxidation sites excluding steroid dienone is 2. The smallest absolute Gasteiger partial charge is 0.255 e. The van der Waals surface area contributed by atoms with Crippen LogP contribution in [0.2, 0.25) is 0 Å². The van der Waals surface area contributed by atoms with Crippen molar-refractivity contribution in [2.45, 2.75) is 203 Å². The van der Waals surface area contributed by atoms with Crippen LogP contribution in [0.1, 0.15) is 92.4 Å². The van der Waals surface area contributed by atoms with Gasteiger partial charge in [-0.15, -0.1) is 0 Å². The van der Waals surface area contributed by atoms with Crippen molar-refractivity contribution in [2.24, 2.45) is 0 Å². The van der Waals surface area contributed by atoms with E-state index in [9.17, 15) is 0 Å². The lowest BCUT2D eigenvalue weighted by atomic mass is 9.87. The van der Waals surface area contributed by atoms with Crippen LogP contribution in [-0.2, 0) is 160 Å².